The van der Waals surface area contributed by atoms with E-state index in [-0.39, 0.29) is 12.2 Å². The third kappa shape index (κ3) is 2.12. The van der Waals surface area contributed by atoms with Gasteiger partial charge in [-0.05, 0) is 32.1 Å². The Hall–Kier alpha value is -0.770. The molecular weight excluding hydrogens is 168 g/mol. The van der Waals surface area contributed by atoms with Gasteiger partial charge in [0, 0.05) is 13.1 Å². The van der Waals surface area contributed by atoms with Crippen molar-refractivity contribution in [3.63, 3.8) is 0 Å². The van der Waals surface area contributed by atoms with Crippen molar-refractivity contribution >= 4 is 6.09 Å². The minimum Gasteiger partial charge on any atom is -0.445 e. The van der Waals surface area contributed by atoms with E-state index < -0.39 is 0 Å². The van der Waals surface area contributed by atoms with E-state index in [1.165, 1.54) is 6.42 Å². The molecule has 1 saturated heterocycles. The molecule has 2 fully saturated rings. The zero-order valence-electron chi connectivity index (χ0n) is 7.79. The maximum atomic E-state index is 11.4. The summed E-state index contributed by atoms with van der Waals surface area (Å²) in [6, 6.07) is 0. The van der Waals surface area contributed by atoms with Gasteiger partial charge in [0.1, 0.15) is 6.10 Å². The lowest BCUT2D eigenvalue weighted by atomic mass is 9.96. The molecule has 4 heteroatoms. The van der Waals surface area contributed by atoms with Gasteiger partial charge >= 0.3 is 6.09 Å². The molecule has 4 nitrogen and oxygen atoms in total. The van der Waals surface area contributed by atoms with Crippen LogP contribution in [0, 0.1) is 0 Å². The summed E-state index contributed by atoms with van der Waals surface area (Å²) >= 11 is 0. The molecular formula is C9H16N2O2. The van der Waals surface area contributed by atoms with Crippen LogP contribution in [0.1, 0.15) is 32.1 Å². The monoisotopic (exact) mass is 184 g/mol. The third-order valence-electron chi connectivity index (χ3n) is 2.65. The second kappa shape index (κ2) is 3.96. The molecule has 1 N–H and O–H groups in total. The molecule has 1 aliphatic heterocycles. The van der Waals surface area contributed by atoms with Crippen molar-refractivity contribution in [1.29, 1.82) is 0 Å². The van der Waals surface area contributed by atoms with Crippen molar-refractivity contribution < 1.29 is 9.53 Å². The first-order chi connectivity index (χ1) is 6.36. The Labute approximate surface area is 78.2 Å². The lowest BCUT2D eigenvalue weighted by molar-refractivity contribution is 0.0116. The Morgan fingerprint density at radius 1 is 1.31 bits per heavy atom. The number of carbonyl (C=O) groups is 1. The average Bonchev–Trinajstić information content (AvgIpc) is 2.12. The van der Waals surface area contributed by atoms with Gasteiger partial charge in [-0.3, -0.25) is 0 Å². The maximum absolute atomic E-state index is 11.4. The molecule has 0 bridgehead atoms. The molecule has 1 amide bonds. The van der Waals surface area contributed by atoms with E-state index in [0.717, 1.165) is 38.8 Å². The molecule has 1 heterocycles. The van der Waals surface area contributed by atoms with Gasteiger partial charge in [-0.15, -0.1) is 0 Å². The summed E-state index contributed by atoms with van der Waals surface area (Å²) in [5.74, 6) is 0. The second-order valence-electron chi connectivity index (χ2n) is 3.70. The van der Waals surface area contributed by atoms with E-state index in [1.54, 1.807) is 5.01 Å². The number of ether oxygens (including phenoxy) is 1. The lowest BCUT2D eigenvalue weighted by Gasteiger charge is -2.31. The summed E-state index contributed by atoms with van der Waals surface area (Å²) in [5, 5.41) is 1.60. The van der Waals surface area contributed by atoms with E-state index in [4.69, 9.17) is 4.74 Å². The van der Waals surface area contributed by atoms with Crippen LogP contribution in [-0.2, 0) is 4.74 Å². The summed E-state index contributed by atoms with van der Waals surface area (Å²) in [4.78, 5) is 11.4. The maximum Gasteiger partial charge on any atom is 0.424 e. The van der Waals surface area contributed by atoms with Gasteiger partial charge in [0.2, 0.25) is 0 Å². The Morgan fingerprint density at radius 3 is 2.69 bits per heavy atom. The van der Waals surface area contributed by atoms with Gasteiger partial charge in [-0.2, -0.15) is 0 Å². The standard InChI is InChI=1S/C9H16N2O2/c12-9(13-8-4-3-5-8)11-7-2-1-6-10-11/h8,10H,1-7H2. The Morgan fingerprint density at radius 2 is 2.15 bits per heavy atom. The lowest BCUT2D eigenvalue weighted by Crippen LogP contribution is -2.48. The first-order valence-electron chi connectivity index (χ1n) is 5.08. The van der Waals surface area contributed by atoms with E-state index in [1.807, 2.05) is 0 Å². The molecule has 0 aromatic rings. The van der Waals surface area contributed by atoms with Gasteiger partial charge in [0.15, 0.2) is 0 Å². The van der Waals surface area contributed by atoms with E-state index in [9.17, 15) is 4.79 Å². The highest BCUT2D eigenvalue weighted by molar-refractivity contribution is 5.67. The van der Waals surface area contributed by atoms with Crippen LogP contribution < -0.4 is 5.43 Å². The molecule has 0 spiro atoms. The highest BCUT2D eigenvalue weighted by Gasteiger charge is 2.25. The van der Waals surface area contributed by atoms with E-state index in [0.29, 0.717) is 0 Å². The number of amides is 1. The Kier molecular flexibility index (Phi) is 2.68. The zero-order chi connectivity index (χ0) is 9.10. The largest absolute Gasteiger partial charge is 0.445 e. The predicted octanol–water partition coefficient (Wildman–Crippen LogP) is 1.28. The average molecular weight is 184 g/mol. The van der Waals surface area contributed by atoms with Crippen molar-refractivity contribution in [3.8, 4) is 0 Å². The second-order valence-corrected chi connectivity index (χ2v) is 3.70. The van der Waals surface area contributed by atoms with Crippen molar-refractivity contribution in [2.45, 2.75) is 38.2 Å². The molecule has 74 valence electrons. The fraction of sp³-hybridized carbons (Fsp3) is 0.889. The quantitative estimate of drug-likeness (QED) is 0.667. The number of nitrogens with zero attached hydrogens (tertiary/aromatic N) is 1. The number of hydrazine groups is 1. The van der Waals surface area contributed by atoms with Crippen molar-refractivity contribution in [1.82, 2.24) is 10.4 Å². The first kappa shape index (κ1) is 8.81. The summed E-state index contributed by atoms with van der Waals surface area (Å²) in [6.07, 6.45) is 5.51. The topological polar surface area (TPSA) is 41.6 Å². The molecule has 0 unspecified atom stereocenters. The van der Waals surface area contributed by atoms with Crippen LogP contribution >= 0.6 is 0 Å². The van der Waals surface area contributed by atoms with Crippen LogP contribution in [0.4, 0.5) is 4.79 Å². The van der Waals surface area contributed by atoms with Crippen molar-refractivity contribution in [2.75, 3.05) is 13.1 Å². The smallest absolute Gasteiger partial charge is 0.424 e. The number of rotatable bonds is 1. The number of nitrogens with one attached hydrogen (secondary N) is 1. The SMILES string of the molecule is O=C(OC1CCC1)N1CCCCN1. The minimum absolute atomic E-state index is 0.190. The summed E-state index contributed by atoms with van der Waals surface area (Å²) < 4.78 is 5.25. The third-order valence-corrected chi connectivity index (χ3v) is 2.65. The fourth-order valence-corrected chi connectivity index (χ4v) is 1.54. The summed E-state index contributed by atoms with van der Waals surface area (Å²) in [6.45, 7) is 1.67. The van der Waals surface area contributed by atoms with Crippen LogP contribution in [0.3, 0.4) is 0 Å². The molecule has 2 rings (SSSR count). The fourth-order valence-electron chi connectivity index (χ4n) is 1.54. The summed E-state index contributed by atoms with van der Waals surface area (Å²) in [5.41, 5.74) is 3.03. The van der Waals surface area contributed by atoms with Gasteiger partial charge in [-0.25, -0.2) is 15.2 Å². The van der Waals surface area contributed by atoms with Crippen molar-refractivity contribution in [3.05, 3.63) is 0 Å². The van der Waals surface area contributed by atoms with Crippen LogP contribution in [0.2, 0.25) is 0 Å². The Balaban J connectivity index is 1.74. The molecule has 1 saturated carbocycles. The van der Waals surface area contributed by atoms with E-state index in [2.05, 4.69) is 5.43 Å². The molecule has 0 aromatic heterocycles. The molecule has 13 heavy (non-hydrogen) atoms. The van der Waals surface area contributed by atoms with Gasteiger partial charge in [0.05, 0.1) is 0 Å². The highest BCUT2D eigenvalue weighted by Crippen LogP contribution is 2.22. The molecule has 0 radical (unpaired) electrons. The van der Waals surface area contributed by atoms with Crippen LogP contribution in [0.25, 0.3) is 0 Å². The molecule has 1 aliphatic carbocycles. The summed E-state index contributed by atoms with van der Waals surface area (Å²) in [7, 11) is 0. The molecule has 2 aliphatic rings. The number of carbonyl (C=O) groups excluding carboxylic acids is 1. The van der Waals surface area contributed by atoms with Crippen LogP contribution in [0.5, 0.6) is 0 Å². The van der Waals surface area contributed by atoms with Gasteiger partial charge < -0.3 is 4.74 Å². The normalized spacial score (nSPS) is 23.8. The van der Waals surface area contributed by atoms with E-state index >= 15 is 0 Å². The molecule has 0 atom stereocenters. The number of hydrogen-bond acceptors (Lipinski definition) is 3. The van der Waals surface area contributed by atoms with Crippen molar-refractivity contribution in [2.24, 2.45) is 0 Å². The zero-order valence-corrected chi connectivity index (χ0v) is 7.79. The molecule has 0 aromatic carbocycles. The van der Waals surface area contributed by atoms with Crippen LogP contribution in [-0.4, -0.2) is 30.3 Å². The predicted molar refractivity (Wildman–Crippen MR) is 48.1 cm³/mol. The first-order valence-corrected chi connectivity index (χ1v) is 5.08. The van der Waals surface area contributed by atoms with Crippen LogP contribution in [0.15, 0.2) is 0 Å². The highest BCUT2D eigenvalue weighted by atomic mass is 16.6. The minimum atomic E-state index is -0.190. The number of hydrogen-bond donors (Lipinski definition) is 1. The van der Waals surface area contributed by atoms with Gasteiger partial charge in [-0.1, -0.05) is 0 Å². The Bertz CT molecular complexity index is 186. The van der Waals surface area contributed by atoms with Gasteiger partial charge in [0.25, 0.3) is 0 Å².